The molecule has 0 unspecified atom stereocenters. The first-order chi connectivity index (χ1) is 8.24. The normalized spacial score (nSPS) is 10.5. The van der Waals surface area contributed by atoms with Gasteiger partial charge in [-0.2, -0.15) is 0 Å². The zero-order valence-electron chi connectivity index (χ0n) is 9.85. The van der Waals surface area contributed by atoms with E-state index < -0.39 is 0 Å². The van der Waals surface area contributed by atoms with Crippen LogP contribution in [0.4, 0.5) is 0 Å². The van der Waals surface area contributed by atoms with Crippen LogP contribution in [0.5, 0.6) is 0 Å². The van der Waals surface area contributed by atoms with Crippen molar-refractivity contribution in [2.24, 2.45) is 0 Å². The van der Waals surface area contributed by atoms with Crippen molar-refractivity contribution in [1.29, 1.82) is 0 Å². The van der Waals surface area contributed by atoms with Gasteiger partial charge in [-0.25, -0.2) is 0 Å². The lowest BCUT2D eigenvalue weighted by Crippen LogP contribution is -1.89. The van der Waals surface area contributed by atoms with E-state index in [1.165, 1.54) is 0 Å². The molecule has 2 heteroatoms. The van der Waals surface area contributed by atoms with Crippen molar-refractivity contribution in [1.82, 2.24) is 0 Å². The number of hydrogen-bond acceptors (Lipinski definition) is 2. The van der Waals surface area contributed by atoms with Crippen molar-refractivity contribution in [2.45, 2.75) is 20.1 Å². The van der Waals surface area contributed by atoms with Crippen molar-refractivity contribution >= 4 is 0 Å². The third kappa shape index (κ3) is 2.54. The molecule has 0 saturated carbocycles. The first-order valence-electron chi connectivity index (χ1n) is 5.65. The van der Waals surface area contributed by atoms with Crippen LogP contribution < -0.4 is 0 Å². The highest BCUT2D eigenvalue weighted by Crippen LogP contribution is 2.22. The second-order valence-corrected chi connectivity index (χ2v) is 4.15. The molecule has 17 heavy (non-hydrogen) atoms. The molecule has 0 atom stereocenters. The van der Waals surface area contributed by atoms with Crippen LogP contribution in [-0.2, 0) is 13.2 Å². The number of benzene rings is 2. The average molecular weight is 228 g/mol. The molecule has 2 rings (SSSR count). The van der Waals surface area contributed by atoms with Crippen molar-refractivity contribution in [2.75, 3.05) is 0 Å². The van der Waals surface area contributed by atoms with Gasteiger partial charge in [-0.3, -0.25) is 0 Å². The van der Waals surface area contributed by atoms with Gasteiger partial charge in [0.15, 0.2) is 0 Å². The van der Waals surface area contributed by atoms with Gasteiger partial charge in [-0.05, 0) is 34.7 Å². The molecular weight excluding hydrogens is 212 g/mol. The third-order valence-electron chi connectivity index (χ3n) is 2.98. The van der Waals surface area contributed by atoms with Gasteiger partial charge in [0.1, 0.15) is 0 Å². The van der Waals surface area contributed by atoms with Crippen molar-refractivity contribution in [3.05, 3.63) is 59.2 Å². The van der Waals surface area contributed by atoms with Crippen LogP contribution in [-0.4, -0.2) is 10.2 Å². The Balaban J connectivity index is 2.35. The molecule has 2 nitrogen and oxygen atoms in total. The summed E-state index contributed by atoms with van der Waals surface area (Å²) in [5.41, 5.74) is 5.22. The zero-order chi connectivity index (χ0) is 12.3. The summed E-state index contributed by atoms with van der Waals surface area (Å²) in [5, 5.41) is 18.1. The van der Waals surface area contributed by atoms with Crippen LogP contribution in [0.1, 0.15) is 16.7 Å². The molecule has 0 aliphatic carbocycles. The lowest BCUT2D eigenvalue weighted by molar-refractivity contribution is 0.281. The van der Waals surface area contributed by atoms with Gasteiger partial charge in [-0.1, -0.05) is 42.5 Å². The zero-order valence-corrected chi connectivity index (χ0v) is 9.85. The van der Waals surface area contributed by atoms with Gasteiger partial charge in [0, 0.05) is 0 Å². The molecule has 0 bridgehead atoms. The molecule has 0 spiro atoms. The predicted molar refractivity (Wildman–Crippen MR) is 68.5 cm³/mol. The van der Waals surface area contributed by atoms with E-state index in [9.17, 15) is 0 Å². The molecule has 0 heterocycles. The molecule has 2 aromatic rings. The third-order valence-corrected chi connectivity index (χ3v) is 2.98. The Labute approximate surface area is 101 Å². The predicted octanol–water partition coefficient (Wildman–Crippen LogP) is 2.65. The summed E-state index contributed by atoms with van der Waals surface area (Å²) >= 11 is 0. The van der Waals surface area contributed by atoms with E-state index in [1.807, 2.05) is 43.3 Å². The van der Waals surface area contributed by atoms with E-state index >= 15 is 0 Å². The fourth-order valence-corrected chi connectivity index (χ4v) is 1.86. The number of aliphatic hydroxyl groups is 2. The average Bonchev–Trinajstić information content (AvgIpc) is 2.39. The maximum atomic E-state index is 9.12. The molecule has 0 aliphatic heterocycles. The Morgan fingerprint density at radius 3 is 2.00 bits per heavy atom. The largest absolute Gasteiger partial charge is 0.392 e. The van der Waals surface area contributed by atoms with Gasteiger partial charge < -0.3 is 10.2 Å². The number of aliphatic hydroxyl groups excluding tert-OH is 2. The lowest BCUT2D eigenvalue weighted by atomic mass is 9.99. The summed E-state index contributed by atoms with van der Waals surface area (Å²) in [6.07, 6.45) is 0. The number of aryl methyl sites for hydroxylation is 1. The maximum absolute atomic E-state index is 9.12. The second kappa shape index (κ2) is 5.13. The number of rotatable bonds is 3. The van der Waals surface area contributed by atoms with Crippen LogP contribution in [0.2, 0.25) is 0 Å². The highest BCUT2D eigenvalue weighted by atomic mass is 16.3. The number of hydrogen-bond donors (Lipinski definition) is 2. The van der Waals surface area contributed by atoms with Gasteiger partial charge in [0.2, 0.25) is 0 Å². The molecule has 0 fully saturated rings. The summed E-state index contributed by atoms with van der Waals surface area (Å²) in [5.74, 6) is 0. The Morgan fingerprint density at radius 1 is 0.824 bits per heavy atom. The first kappa shape index (κ1) is 11.8. The molecule has 0 amide bonds. The van der Waals surface area contributed by atoms with E-state index in [1.54, 1.807) is 0 Å². The fraction of sp³-hybridized carbons (Fsp3) is 0.200. The maximum Gasteiger partial charge on any atom is 0.0684 e. The molecule has 0 aliphatic rings. The molecule has 2 N–H and O–H groups in total. The van der Waals surface area contributed by atoms with Gasteiger partial charge in [0.25, 0.3) is 0 Å². The van der Waals surface area contributed by atoms with Crippen LogP contribution in [0.25, 0.3) is 11.1 Å². The minimum Gasteiger partial charge on any atom is -0.392 e. The van der Waals surface area contributed by atoms with Gasteiger partial charge in [0.05, 0.1) is 13.2 Å². The summed E-state index contributed by atoms with van der Waals surface area (Å²) in [6.45, 7) is 2.15. The van der Waals surface area contributed by atoms with E-state index in [0.29, 0.717) is 0 Å². The monoisotopic (exact) mass is 228 g/mol. The molecule has 0 radical (unpaired) electrons. The molecule has 88 valence electrons. The van der Waals surface area contributed by atoms with Gasteiger partial charge >= 0.3 is 0 Å². The van der Waals surface area contributed by atoms with E-state index in [2.05, 4.69) is 6.07 Å². The minimum absolute atomic E-state index is 0.0722. The second-order valence-electron chi connectivity index (χ2n) is 4.15. The smallest absolute Gasteiger partial charge is 0.0684 e. The standard InChI is InChI=1S/C15H16O2/c1-11-8-14(6-7-15(11)10-17)13-4-2-12(9-16)3-5-13/h2-8,16-17H,9-10H2,1H3. The van der Waals surface area contributed by atoms with E-state index in [4.69, 9.17) is 10.2 Å². The van der Waals surface area contributed by atoms with Crippen molar-refractivity contribution in [3.8, 4) is 11.1 Å². The molecule has 0 aromatic heterocycles. The Kier molecular flexibility index (Phi) is 3.57. The Morgan fingerprint density at radius 2 is 1.47 bits per heavy atom. The highest BCUT2D eigenvalue weighted by molar-refractivity contribution is 5.65. The summed E-state index contributed by atoms with van der Waals surface area (Å²) < 4.78 is 0. The van der Waals surface area contributed by atoms with Gasteiger partial charge in [-0.15, -0.1) is 0 Å². The van der Waals surface area contributed by atoms with E-state index in [-0.39, 0.29) is 13.2 Å². The van der Waals surface area contributed by atoms with Crippen LogP contribution in [0.15, 0.2) is 42.5 Å². The first-order valence-corrected chi connectivity index (χ1v) is 5.65. The van der Waals surface area contributed by atoms with Crippen LogP contribution in [0.3, 0.4) is 0 Å². The highest BCUT2D eigenvalue weighted by Gasteiger charge is 2.01. The summed E-state index contributed by atoms with van der Waals surface area (Å²) in [4.78, 5) is 0. The van der Waals surface area contributed by atoms with Crippen molar-refractivity contribution < 1.29 is 10.2 Å². The molecule has 0 saturated heterocycles. The molecule has 2 aromatic carbocycles. The lowest BCUT2D eigenvalue weighted by Gasteiger charge is -2.07. The van der Waals surface area contributed by atoms with Crippen molar-refractivity contribution in [3.63, 3.8) is 0 Å². The summed E-state index contributed by atoms with van der Waals surface area (Å²) in [7, 11) is 0. The summed E-state index contributed by atoms with van der Waals surface area (Å²) in [6, 6.07) is 13.9. The van der Waals surface area contributed by atoms with Crippen LogP contribution >= 0.6 is 0 Å². The Bertz CT molecular complexity index is 501. The Hall–Kier alpha value is -1.64. The quantitative estimate of drug-likeness (QED) is 0.847. The SMILES string of the molecule is Cc1cc(-c2ccc(CO)cc2)ccc1CO. The fourth-order valence-electron chi connectivity index (χ4n) is 1.86. The topological polar surface area (TPSA) is 40.5 Å². The molecular formula is C15H16O2. The minimum atomic E-state index is 0.0722. The van der Waals surface area contributed by atoms with E-state index in [0.717, 1.165) is 27.8 Å². The van der Waals surface area contributed by atoms with Crippen LogP contribution in [0, 0.1) is 6.92 Å².